The molecule has 1 aromatic heterocycles. The fraction of sp³-hybridized carbons (Fsp3) is 0.273. The van der Waals surface area contributed by atoms with Crippen molar-refractivity contribution in [2.45, 2.75) is 26.8 Å². The molecule has 0 atom stereocenters. The number of hydrogen-bond acceptors (Lipinski definition) is 4. The van der Waals surface area contributed by atoms with E-state index in [0.717, 1.165) is 11.0 Å². The molecule has 0 spiro atoms. The first kappa shape index (κ1) is 20.3. The molecule has 0 fully saturated rings. The third kappa shape index (κ3) is 3.89. The van der Waals surface area contributed by atoms with Gasteiger partial charge in [0.1, 0.15) is 6.54 Å². The minimum Gasteiger partial charge on any atom is -0.344 e. The summed E-state index contributed by atoms with van der Waals surface area (Å²) in [5.41, 5.74) is -0.0156. The maximum Gasteiger partial charge on any atom is 0.336 e. The Bertz CT molecular complexity index is 1210. The van der Waals surface area contributed by atoms with E-state index in [1.165, 1.54) is 17.6 Å². The number of aromatic nitrogens is 2. The van der Waals surface area contributed by atoms with Gasteiger partial charge in [0, 0.05) is 19.2 Å². The van der Waals surface area contributed by atoms with Gasteiger partial charge in [0.25, 0.3) is 5.56 Å². The number of hydrogen-bond donors (Lipinski definition) is 0. The molecular weight excluding hydrogens is 370 g/mol. The van der Waals surface area contributed by atoms with Gasteiger partial charge in [-0.05, 0) is 37.6 Å². The predicted octanol–water partition coefficient (Wildman–Crippen LogP) is 2.22. The van der Waals surface area contributed by atoms with E-state index in [1.807, 2.05) is 6.92 Å². The number of rotatable bonds is 6. The Morgan fingerprint density at radius 3 is 2.45 bits per heavy atom. The first-order valence-electron chi connectivity index (χ1n) is 9.45. The quantitative estimate of drug-likeness (QED) is 0.602. The zero-order valence-electron chi connectivity index (χ0n) is 16.7. The number of ketones is 1. The van der Waals surface area contributed by atoms with Crippen molar-refractivity contribution < 1.29 is 9.59 Å². The van der Waals surface area contributed by atoms with E-state index in [1.54, 1.807) is 54.4 Å². The highest BCUT2D eigenvalue weighted by molar-refractivity contribution is 5.94. The normalized spacial score (nSPS) is 10.9. The number of likely N-dealkylation sites (N-methyl/N-ethyl adjacent to an activating group) is 1. The zero-order valence-corrected chi connectivity index (χ0v) is 16.7. The Morgan fingerprint density at radius 1 is 1.03 bits per heavy atom. The maximum absolute atomic E-state index is 13.3. The molecule has 29 heavy (non-hydrogen) atoms. The first-order chi connectivity index (χ1) is 13.8. The number of para-hydroxylation sites is 1. The summed E-state index contributed by atoms with van der Waals surface area (Å²) in [5.74, 6) is -0.390. The molecule has 0 aliphatic rings. The topological polar surface area (TPSA) is 81.4 Å². The highest BCUT2D eigenvalue weighted by Crippen LogP contribution is 2.12. The highest BCUT2D eigenvalue weighted by Gasteiger charge is 2.18. The van der Waals surface area contributed by atoms with Crippen molar-refractivity contribution in [1.29, 1.82) is 0 Å². The second-order valence-corrected chi connectivity index (χ2v) is 6.95. The number of Topliss-reactive ketones (excluding diaryl/α,β-unsaturated/α-hetero) is 1. The molecule has 3 aromatic rings. The van der Waals surface area contributed by atoms with Crippen LogP contribution in [0.1, 0.15) is 30.6 Å². The first-order valence-corrected chi connectivity index (χ1v) is 9.45. The molecule has 7 nitrogen and oxygen atoms in total. The molecule has 3 rings (SSSR count). The Morgan fingerprint density at radius 2 is 1.76 bits per heavy atom. The smallest absolute Gasteiger partial charge is 0.336 e. The number of fused-ring (bicyclic) bond motifs is 1. The predicted molar refractivity (Wildman–Crippen MR) is 112 cm³/mol. The SMILES string of the molecule is CCCN(C)C(=O)Cn1c(=O)n(-c2cccc(C(C)=O)c2)c(=O)c2ccccc21. The molecule has 0 N–H and O–H groups in total. The van der Waals surface area contributed by atoms with E-state index in [0.29, 0.717) is 28.7 Å². The average Bonchev–Trinajstić information content (AvgIpc) is 2.71. The van der Waals surface area contributed by atoms with Crippen LogP contribution in [0.2, 0.25) is 0 Å². The zero-order chi connectivity index (χ0) is 21.1. The minimum atomic E-state index is -0.618. The van der Waals surface area contributed by atoms with Gasteiger partial charge in [-0.15, -0.1) is 0 Å². The molecule has 2 aromatic carbocycles. The molecule has 0 aliphatic carbocycles. The van der Waals surface area contributed by atoms with Crippen molar-refractivity contribution in [2.24, 2.45) is 0 Å². The van der Waals surface area contributed by atoms with Crippen molar-refractivity contribution in [2.75, 3.05) is 13.6 Å². The van der Waals surface area contributed by atoms with Crippen LogP contribution in [0.3, 0.4) is 0 Å². The van der Waals surface area contributed by atoms with Crippen LogP contribution in [-0.4, -0.2) is 39.3 Å². The van der Waals surface area contributed by atoms with Gasteiger partial charge < -0.3 is 4.90 Å². The summed E-state index contributed by atoms with van der Waals surface area (Å²) in [6.45, 7) is 3.78. The number of benzene rings is 2. The van der Waals surface area contributed by atoms with Crippen molar-refractivity contribution in [3.8, 4) is 5.69 Å². The van der Waals surface area contributed by atoms with Gasteiger partial charge in [-0.25, -0.2) is 9.36 Å². The van der Waals surface area contributed by atoms with Crippen molar-refractivity contribution in [3.63, 3.8) is 0 Å². The van der Waals surface area contributed by atoms with Crippen LogP contribution in [0.4, 0.5) is 0 Å². The number of amides is 1. The van der Waals surface area contributed by atoms with E-state index in [4.69, 9.17) is 0 Å². The van der Waals surface area contributed by atoms with Crippen LogP contribution in [-0.2, 0) is 11.3 Å². The average molecular weight is 393 g/mol. The summed E-state index contributed by atoms with van der Waals surface area (Å²) in [5, 5.41) is 0.325. The molecule has 0 saturated carbocycles. The van der Waals surface area contributed by atoms with Crippen LogP contribution in [0, 0.1) is 0 Å². The number of carbonyl (C=O) groups is 2. The highest BCUT2D eigenvalue weighted by atomic mass is 16.2. The Hall–Kier alpha value is -3.48. The van der Waals surface area contributed by atoms with Crippen molar-refractivity contribution >= 4 is 22.6 Å². The van der Waals surface area contributed by atoms with Crippen molar-refractivity contribution in [3.05, 3.63) is 74.9 Å². The standard InChI is InChI=1S/C22H23N3O4/c1-4-12-23(3)20(27)14-24-19-11-6-5-10-18(19)21(28)25(22(24)29)17-9-7-8-16(13-17)15(2)26/h5-11,13H,4,12,14H2,1-3H3. The number of carbonyl (C=O) groups excluding carboxylic acids is 2. The second kappa shape index (κ2) is 8.26. The Kier molecular flexibility index (Phi) is 5.77. The molecule has 1 heterocycles. The van der Waals surface area contributed by atoms with Gasteiger partial charge >= 0.3 is 5.69 Å². The molecule has 0 unspecified atom stereocenters. The lowest BCUT2D eigenvalue weighted by molar-refractivity contribution is -0.130. The lowest BCUT2D eigenvalue weighted by Gasteiger charge is -2.19. The van der Waals surface area contributed by atoms with Gasteiger partial charge in [0.15, 0.2) is 5.78 Å². The molecule has 150 valence electrons. The summed E-state index contributed by atoms with van der Waals surface area (Å²) in [6.07, 6.45) is 0.801. The fourth-order valence-electron chi connectivity index (χ4n) is 3.28. The maximum atomic E-state index is 13.3. The van der Waals surface area contributed by atoms with Gasteiger partial charge in [0.05, 0.1) is 16.6 Å². The van der Waals surface area contributed by atoms with E-state index in [-0.39, 0.29) is 18.2 Å². The van der Waals surface area contributed by atoms with E-state index < -0.39 is 11.2 Å². The molecule has 1 amide bonds. The Labute approximate surface area is 167 Å². The van der Waals surface area contributed by atoms with Gasteiger partial charge in [-0.1, -0.05) is 31.2 Å². The van der Waals surface area contributed by atoms with Crippen LogP contribution in [0.5, 0.6) is 0 Å². The molecule has 0 aliphatic heterocycles. The van der Waals surface area contributed by atoms with Crippen LogP contribution in [0.25, 0.3) is 16.6 Å². The van der Waals surface area contributed by atoms with E-state index >= 15 is 0 Å². The van der Waals surface area contributed by atoms with Gasteiger partial charge in [0.2, 0.25) is 5.91 Å². The molecule has 0 bridgehead atoms. The molecule has 0 saturated heterocycles. The molecule has 0 radical (unpaired) electrons. The summed E-state index contributed by atoms with van der Waals surface area (Å²) >= 11 is 0. The monoisotopic (exact) mass is 393 g/mol. The van der Waals surface area contributed by atoms with Gasteiger partial charge in [-0.3, -0.25) is 19.0 Å². The third-order valence-electron chi connectivity index (χ3n) is 4.84. The van der Waals surface area contributed by atoms with Gasteiger partial charge in [-0.2, -0.15) is 0 Å². The van der Waals surface area contributed by atoms with Crippen LogP contribution < -0.4 is 11.2 Å². The molecular formula is C22H23N3O4. The second-order valence-electron chi connectivity index (χ2n) is 6.95. The lowest BCUT2D eigenvalue weighted by atomic mass is 10.1. The lowest BCUT2D eigenvalue weighted by Crippen LogP contribution is -2.42. The summed E-state index contributed by atoms with van der Waals surface area (Å²) in [6, 6.07) is 13.1. The Balaban J connectivity index is 2.26. The summed E-state index contributed by atoms with van der Waals surface area (Å²) in [4.78, 5) is 52.3. The van der Waals surface area contributed by atoms with Crippen molar-refractivity contribution in [1.82, 2.24) is 14.0 Å². The number of nitrogens with zero attached hydrogens (tertiary/aromatic N) is 3. The van der Waals surface area contributed by atoms with E-state index in [2.05, 4.69) is 0 Å². The third-order valence-corrected chi connectivity index (χ3v) is 4.84. The molecule has 7 heteroatoms. The summed E-state index contributed by atoms with van der Waals surface area (Å²) < 4.78 is 2.33. The summed E-state index contributed by atoms with van der Waals surface area (Å²) in [7, 11) is 1.69. The minimum absolute atomic E-state index is 0.169. The van der Waals surface area contributed by atoms with Crippen LogP contribution in [0.15, 0.2) is 58.1 Å². The largest absolute Gasteiger partial charge is 0.344 e. The van der Waals surface area contributed by atoms with Crippen LogP contribution >= 0.6 is 0 Å². The van der Waals surface area contributed by atoms with E-state index in [9.17, 15) is 19.2 Å². The fourth-order valence-corrected chi connectivity index (χ4v) is 3.28.